The number of imidazole rings is 1. The van der Waals surface area contributed by atoms with Gasteiger partial charge in [0.25, 0.3) is 5.91 Å². The van der Waals surface area contributed by atoms with Crippen LogP contribution in [0.1, 0.15) is 22.9 Å². The van der Waals surface area contributed by atoms with Crippen molar-refractivity contribution < 1.29 is 19.7 Å². The van der Waals surface area contributed by atoms with Crippen LogP contribution in [0.2, 0.25) is 0 Å². The summed E-state index contributed by atoms with van der Waals surface area (Å²) in [5, 5.41) is 26.9. The minimum absolute atomic E-state index is 0.377. The van der Waals surface area contributed by atoms with Crippen molar-refractivity contribution in [3.63, 3.8) is 0 Å². The molecule has 0 saturated carbocycles. The van der Waals surface area contributed by atoms with Crippen LogP contribution in [0.3, 0.4) is 0 Å². The van der Waals surface area contributed by atoms with Gasteiger partial charge in [0.05, 0.1) is 6.33 Å². The molecule has 1 aliphatic heterocycles. The molecular formula is C25H27N7O4. The van der Waals surface area contributed by atoms with Gasteiger partial charge in [-0.1, -0.05) is 29.8 Å². The summed E-state index contributed by atoms with van der Waals surface area (Å²) in [4.78, 5) is 30.3. The highest BCUT2D eigenvalue weighted by molar-refractivity contribution is 5.85. The number of carbonyl (C=O) groups is 1. The van der Waals surface area contributed by atoms with E-state index in [-0.39, 0.29) is 0 Å². The Bertz CT molecular complexity index is 1420. The van der Waals surface area contributed by atoms with Crippen molar-refractivity contribution >= 4 is 22.9 Å². The highest BCUT2D eigenvalue weighted by Crippen LogP contribution is 2.33. The second-order valence-electron chi connectivity index (χ2n) is 8.86. The molecule has 1 aromatic carbocycles. The second kappa shape index (κ2) is 9.61. The summed E-state index contributed by atoms with van der Waals surface area (Å²) in [6.07, 6.45) is -0.204. The highest BCUT2D eigenvalue weighted by Gasteiger charge is 2.47. The van der Waals surface area contributed by atoms with E-state index in [1.807, 2.05) is 38.1 Å². The molecule has 11 heteroatoms. The number of aliphatic hydroxyl groups is 2. The van der Waals surface area contributed by atoms with Crippen molar-refractivity contribution in [2.75, 3.05) is 12.4 Å². The maximum Gasteiger partial charge on any atom is 0.251 e. The Morgan fingerprint density at radius 1 is 1.11 bits per heavy atom. The third kappa shape index (κ3) is 4.39. The number of ether oxygens (including phenoxy) is 1. The van der Waals surface area contributed by atoms with Crippen LogP contribution in [-0.4, -0.2) is 66.0 Å². The standard InChI is InChI=1S/C25H27N7O4/c1-13-5-4-6-15(7-13)10-28-22-17-23(31-21(30-22)16-8-14(2)9-27-11-16)32(12-29-17)25-19(34)18(33)20(36-25)24(35)26-3/h4-9,11-12,18-20,25,33-34H,10H2,1-3H3,(H,26,35)(H,28,30,31)/t18-,19+,20-,25+/m0/s1. The van der Waals surface area contributed by atoms with Crippen LogP contribution < -0.4 is 10.6 Å². The van der Waals surface area contributed by atoms with E-state index in [0.29, 0.717) is 34.9 Å². The molecule has 1 aliphatic rings. The lowest BCUT2D eigenvalue weighted by Crippen LogP contribution is -2.41. The van der Waals surface area contributed by atoms with Crippen LogP contribution in [0.15, 0.2) is 49.1 Å². The summed E-state index contributed by atoms with van der Waals surface area (Å²) >= 11 is 0. The van der Waals surface area contributed by atoms with Crippen LogP contribution in [-0.2, 0) is 16.1 Å². The monoisotopic (exact) mass is 489 g/mol. The number of anilines is 1. The van der Waals surface area contributed by atoms with Crippen molar-refractivity contribution in [3.8, 4) is 11.4 Å². The summed E-state index contributed by atoms with van der Waals surface area (Å²) in [6.45, 7) is 4.47. The van der Waals surface area contributed by atoms with Gasteiger partial charge in [0.15, 0.2) is 35.1 Å². The van der Waals surface area contributed by atoms with Gasteiger partial charge in [-0.15, -0.1) is 0 Å². The van der Waals surface area contributed by atoms with Gasteiger partial charge in [-0.3, -0.25) is 14.3 Å². The highest BCUT2D eigenvalue weighted by atomic mass is 16.6. The fraction of sp³-hybridized carbons (Fsp3) is 0.320. The number of rotatable bonds is 6. The molecule has 5 rings (SSSR count). The van der Waals surface area contributed by atoms with Crippen LogP contribution in [0.4, 0.5) is 5.82 Å². The Morgan fingerprint density at radius 2 is 1.94 bits per heavy atom. The van der Waals surface area contributed by atoms with Crippen molar-refractivity contribution in [2.45, 2.75) is 44.9 Å². The van der Waals surface area contributed by atoms with E-state index in [2.05, 4.69) is 26.7 Å². The smallest absolute Gasteiger partial charge is 0.251 e. The number of aliphatic hydroxyl groups excluding tert-OH is 2. The van der Waals surface area contributed by atoms with E-state index >= 15 is 0 Å². The van der Waals surface area contributed by atoms with E-state index in [1.54, 1.807) is 12.4 Å². The SMILES string of the molecule is CNC(=O)[C@H]1O[C@@H](n2cnc3c(NCc4cccc(C)c4)nc(-c4cncc(C)c4)nc32)[C@H](O)[C@@H]1O. The zero-order chi connectivity index (χ0) is 25.4. The van der Waals surface area contributed by atoms with E-state index in [4.69, 9.17) is 14.7 Å². The molecule has 0 aliphatic carbocycles. The van der Waals surface area contributed by atoms with Crippen LogP contribution in [0.25, 0.3) is 22.6 Å². The number of nitrogens with one attached hydrogen (secondary N) is 2. The molecule has 3 aromatic heterocycles. The van der Waals surface area contributed by atoms with Crippen LogP contribution in [0.5, 0.6) is 0 Å². The maximum atomic E-state index is 12.1. The number of carbonyl (C=O) groups excluding carboxylic acids is 1. The topological polar surface area (TPSA) is 147 Å². The quantitative estimate of drug-likeness (QED) is 0.316. The first-order chi connectivity index (χ1) is 17.4. The summed E-state index contributed by atoms with van der Waals surface area (Å²) in [7, 11) is 1.44. The molecule has 0 bridgehead atoms. The van der Waals surface area contributed by atoms with Gasteiger partial charge < -0.3 is 25.6 Å². The maximum absolute atomic E-state index is 12.1. The average Bonchev–Trinajstić information content (AvgIpc) is 3.43. The molecule has 11 nitrogen and oxygen atoms in total. The second-order valence-corrected chi connectivity index (χ2v) is 8.86. The minimum Gasteiger partial charge on any atom is -0.387 e. The number of pyridine rings is 1. The molecule has 1 amide bonds. The first-order valence-corrected chi connectivity index (χ1v) is 11.5. The van der Waals surface area contributed by atoms with Crippen LogP contribution in [0, 0.1) is 13.8 Å². The molecule has 4 N–H and O–H groups in total. The van der Waals surface area contributed by atoms with Gasteiger partial charge in [-0.25, -0.2) is 15.0 Å². The van der Waals surface area contributed by atoms with Gasteiger partial charge in [0, 0.05) is 31.5 Å². The van der Waals surface area contributed by atoms with E-state index in [1.165, 1.54) is 17.9 Å². The minimum atomic E-state index is -1.41. The lowest BCUT2D eigenvalue weighted by Gasteiger charge is -2.17. The van der Waals surface area contributed by atoms with E-state index < -0.39 is 30.4 Å². The zero-order valence-corrected chi connectivity index (χ0v) is 20.1. The number of aryl methyl sites for hydroxylation is 2. The summed E-state index contributed by atoms with van der Waals surface area (Å²) in [6, 6.07) is 10.0. The molecule has 186 valence electrons. The average molecular weight is 490 g/mol. The number of nitrogens with zero attached hydrogens (tertiary/aromatic N) is 5. The van der Waals surface area contributed by atoms with Crippen molar-refractivity contribution in [1.82, 2.24) is 29.8 Å². The fourth-order valence-corrected chi connectivity index (χ4v) is 4.29. The van der Waals surface area contributed by atoms with E-state index in [0.717, 1.165) is 16.7 Å². The molecule has 0 radical (unpaired) electrons. The number of fused-ring (bicyclic) bond motifs is 1. The van der Waals surface area contributed by atoms with Crippen molar-refractivity contribution in [2.24, 2.45) is 0 Å². The molecular weight excluding hydrogens is 462 g/mol. The molecule has 0 spiro atoms. The van der Waals surface area contributed by atoms with Gasteiger partial charge >= 0.3 is 0 Å². The van der Waals surface area contributed by atoms with E-state index in [9.17, 15) is 15.0 Å². The predicted octanol–water partition coefficient (Wildman–Crippen LogP) is 1.48. The Hall–Kier alpha value is -3.93. The number of amides is 1. The number of likely N-dealkylation sites (N-methyl/N-ethyl adjacent to an activating group) is 1. The number of benzene rings is 1. The van der Waals surface area contributed by atoms with Crippen molar-refractivity contribution in [3.05, 3.63) is 65.7 Å². The lowest BCUT2D eigenvalue weighted by molar-refractivity contribution is -0.137. The number of hydrogen-bond acceptors (Lipinski definition) is 9. The molecule has 1 fully saturated rings. The van der Waals surface area contributed by atoms with Gasteiger partial charge in [0.1, 0.15) is 12.2 Å². The summed E-state index contributed by atoms with van der Waals surface area (Å²) in [5.74, 6) is 0.367. The Labute approximate surface area is 207 Å². The van der Waals surface area contributed by atoms with Crippen molar-refractivity contribution in [1.29, 1.82) is 0 Å². The normalized spacial score (nSPS) is 21.6. The lowest BCUT2D eigenvalue weighted by atomic mass is 10.1. The molecule has 4 aromatic rings. The number of aromatic nitrogens is 5. The van der Waals surface area contributed by atoms with Gasteiger partial charge in [-0.2, -0.15) is 0 Å². The first kappa shape index (κ1) is 23.8. The largest absolute Gasteiger partial charge is 0.387 e. The summed E-state index contributed by atoms with van der Waals surface area (Å²) < 4.78 is 7.27. The summed E-state index contributed by atoms with van der Waals surface area (Å²) in [5.41, 5.74) is 4.72. The van der Waals surface area contributed by atoms with Gasteiger partial charge in [-0.05, 0) is 31.0 Å². The third-order valence-electron chi connectivity index (χ3n) is 6.11. The Kier molecular flexibility index (Phi) is 6.35. The Balaban J connectivity index is 1.58. The first-order valence-electron chi connectivity index (χ1n) is 11.5. The molecule has 36 heavy (non-hydrogen) atoms. The van der Waals surface area contributed by atoms with Gasteiger partial charge in [0.2, 0.25) is 0 Å². The third-order valence-corrected chi connectivity index (χ3v) is 6.11. The van der Waals surface area contributed by atoms with Crippen LogP contribution >= 0.6 is 0 Å². The molecule has 0 unspecified atom stereocenters. The molecule has 4 heterocycles. The molecule has 4 atom stereocenters. The fourth-order valence-electron chi connectivity index (χ4n) is 4.29. The zero-order valence-electron chi connectivity index (χ0n) is 20.1. The molecule has 1 saturated heterocycles. The number of hydrogen-bond donors (Lipinski definition) is 4. The Morgan fingerprint density at radius 3 is 2.69 bits per heavy atom. The predicted molar refractivity (Wildman–Crippen MR) is 132 cm³/mol.